The highest BCUT2D eigenvalue weighted by atomic mass is 32.2. The quantitative estimate of drug-likeness (QED) is 0.695. The van der Waals surface area contributed by atoms with Crippen LogP contribution in [-0.4, -0.2) is 47.5 Å². The van der Waals surface area contributed by atoms with Gasteiger partial charge in [-0.05, 0) is 42.5 Å². The van der Waals surface area contributed by atoms with E-state index in [0.717, 1.165) is 5.69 Å². The number of morpholine rings is 1. The zero-order chi connectivity index (χ0) is 19.3. The fraction of sp³-hybridized carbons (Fsp3) is 0.222. The van der Waals surface area contributed by atoms with Gasteiger partial charge in [0, 0.05) is 18.8 Å². The average Bonchev–Trinajstić information content (AvgIpc) is 2.69. The highest BCUT2D eigenvalue weighted by molar-refractivity contribution is 7.91. The molecule has 27 heavy (non-hydrogen) atoms. The maximum Gasteiger partial charge on any atom is 0.211 e. The molecule has 2 amide bonds. The number of nitrogens with zero attached hydrogens (tertiary/aromatic N) is 1. The molecule has 2 aromatic carbocycles. The van der Waals surface area contributed by atoms with E-state index in [4.69, 9.17) is 4.74 Å². The molecule has 3 rings (SSSR count). The van der Waals surface area contributed by atoms with Crippen molar-refractivity contribution in [2.24, 2.45) is 0 Å². The Balaban J connectivity index is 1.96. The van der Waals surface area contributed by atoms with Crippen molar-refractivity contribution in [2.75, 3.05) is 41.8 Å². The fourth-order valence-corrected chi connectivity index (χ4v) is 4.16. The number of carbonyl (C=O) groups is 2. The number of rotatable bonds is 7. The molecule has 8 nitrogen and oxygen atoms in total. The van der Waals surface area contributed by atoms with E-state index in [2.05, 4.69) is 10.6 Å². The number of hydrogen-bond acceptors (Lipinski definition) is 6. The molecule has 0 radical (unpaired) electrons. The lowest BCUT2D eigenvalue weighted by Gasteiger charge is -2.30. The minimum Gasteiger partial charge on any atom is -0.378 e. The number of anilines is 3. The molecule has 1 heterocycles. The summed E-state index contributed by atoms with van der Waals surface area (Å²) in [4.78, 5) is 23.7. The van der Waals surface area contributed by atoms with Gasteiger partial charge in [0.1, 0.15) is 0 Å². The number of sulfone groups is 1. The molecular weight excluding hydrogens is 370 g/mol. The van der Waals surface area contributed by atoms with Gasteiger partial charge in [-0.3, -0.25) is 9.59 Å². The van der Waals surface area contributed by atoms with E-state index < -0.39 is 9.84 Å². The summed E-state index contributed by atoms with van der Waals surface area (Å²) in [5, 5.41) is 5.04. The van der Waals surface area contributed by atoms with Crippen LogP contribution in [0.25, 0.3) is 0 Å². The monoisotopic (exact) mass is 389 g/mol. The standard InChI is InChI=1S/C18H19N3O5S/c22-12-19-14-1-3-15(4-2-14)27(24,25)16-5-6-18(17(11-16)20-13-23)21-7-9-26-10-8-21/h1-6,11-13H,7-10H2,(H,19,22)(H,20,23). The van der Waals surface area contributed by atoms with Crippen LogP contribution in [0.3, 0.4) is 0 Å². The van der Waals surface area contributed by atoms with Crippen LogP contribution in [0.2, 0.25) is 0 Å². The highest BCUT2D eigenvalue weighted by Gasteiger charge is 2.21. The summed E-state index contributed by atoms with van der Waals surface area (Å²) < 4.78 is 31.1. The van der Waals surface area contributed by atoms with Crippen molar-refractivity contribution in [3.63, 3.8) is 0 Å². The van der Waals surface area contributed by atoms with E-state index in [1.165, 1.54) is 36.4 Å². The zero-order valence-corrected chi connectivity index (χ0v) is 15.2. The van der Waals surface area contributed by atoms with Gasteiger partial charge in [0.15, 0.2) is 0 Å². The van der Waals surface area contributed by atoms with E-state index in [1.54, 1.807) is 6.07 Å². The molecule has 9 heteroatoms. The van der Waals surface area contributed by atoms with Crippen molar-refractivity contribution < 1.29 is 22.7 Å². The summed E-state index contributed by atoms with van der Waals surface area (Å²) in [6, 6.07) is 10.5. The van der Waals surface area contributed by atoms with E-state index >= 15 is 0 Å². The van der Waals surface area contributed by atoms with Crippen molar-refractivity contribution >= 4 is 39.7 Å². The first-order valence-corrected chi connectivity index (χ1v) is 9.77. The van der Waals surface area contributed by atoms with Crippen LogP contribution in [0.4, 0.5) is 17.1 Å². The van der Waals surface area contributed by atoms with E-state index in [-0.39, 0.29) is 9.79 Å². The molecule has 0 aliphatic carbocycles. The number of ether oxygens (including phenoxy) is 1. The Labute approximate surface area is 157 Å². The van der Waals surface area contributed by atoms with Gasteiger partial charge in [0.05, 0.1) is 34.4 Å². The van der Waals surface area contributed by atoms with Gasteiger partial charge >= 0.3 is 0 Å². The van der Waals surface area contributed by atoms with Crippen molar-refractivity contribution in [2.45, 2.75) is 9.79 Å². The topological polar surface area (TPSA) is 105 Å². The minimum absolute atomic E-state index is 0.0694. The van der Waals surface area contributed by atoms with Gasteiger partial charge in [-0.1, -0.05) is 0 Å². The molecule has 2 N–H and O–H groups in total. The number of amides is 2. The first kappa shape index (κ1) is 18.9. The van der Waals surface area contributed by atoms with Crippen LogP contribution in [-0.2, 0) is 24.2 Å². The lowest BCUT2D eigenvalue weighted by molar-refractivity contribution is -0.106. The maximum atomic E-state index is 12.9. The third-order valence-corrected chi connectivity index (χ3v) is 6.00. The first-order valence-electron chi connectivity index (χ1n) is 8.28. The Bertz CT molecular complexity index is 923. The molecule has 0 aromatic heterocycles. The Morgan fingerprint density at radius 3 is 2.15 bits per heavy atom. The molecule has 0 unspecified atom stereocenters. The fourth-order valence-electron chi connectivity index (χ4n) is 2.88. The molecule has 1 aliphatic rings. The predicted molar refractivity (Wildman–Crippen MR) is 101 cm³/mol. The van der Waals surface area contributed by atoms with Gasteiger partial charge in [-0.2, -0.15) is 0 Å². The smallest absolute Gasteiger partial charge is 0.211 e. The van der Waals surface area contributed by atoms with Crippen molar-refractivity contribution in [1.29, 1.82) is 0 Å². The average molecular weight is 389 g/mol. The normalized spacial score (nSPS) is 14.4. The molecule has 1 aliphatic heterocycles. The number of benzene rings is 2. The Morgan fingerprint density at radius 1 is 0.889 bits per heavy atom. The van der Waals surface area contributed by atoms with Gasteiger partial charge in [0.25, 0.3) is 0 Å². The Hall–Kier alpha value is -2.91. The summed E-state index contributed by atoms with van der Waals surface area (Å²) in [6.07, 6.45) is 1.04. The largest absolute Gasteiger partial charge is 0.378 e. The number of hydrogen-bond donors (Lipinski definition) is 2. The SMILES string of the molecule is O=CNc1ccc(S(=O)(=O)c2ccc(N3CCOCC3)c(NC=O)c2)cc1. The maximum absolute atomic E-state index is 12.9. The molecule has 0 bridgehead atoms. The second-order valence-corrected chi connectivity index (χ2v) is 7.78. The second-order valence-electron chi connectivity index (χ2n) is 5.83. The third-order valence-electron chi connectivity index (χ3n) is 4.23. The molecule has 0 atom stereocenters. The predicted octanol–water partition coefficient (Wildman–Crippen LogP) is 1.49. The molecule has 1 fully saturated rings. The zero-order valence-electron chi connectivity index (χ0n) is 14.4. The summed E-state index contributed by atoms with van der Waals surface area (Å²) >= 11 is 0. The first-order chi connectivity index (χ1) is 13.1. The van der Waals surface area contributed by atoms with Gasteiger partial charge in [-0.15, -0.1) is 0 Å². The third kappa shape index (κ3) is 4.09. The summed E-state index contributed by atoms with van der Waals surface area (Å²) in [5.41, 5.74) is 1.66. The minimum atomic E-state index is -3.77. The highest BCUT2D eigenvalue weighted by Crippen LogP contribution is 2.32. The Kier molecular flexibility index (Phi) is 5.72. The second kappa shape index (κ2) is 8.19. The van der Waals surface area contributed by atoms with Gasteiger partial charge in [0.2, 0.25) is 22.7 Å². The van der Waals surface area contributed by atoms with Gasteiger partial charge in [-0.25, -0.2) is 8.42 Å². The van der Waals surface area contributed by atoms with Crippen LogP contribution in [0.5, 0.6) is 0 Å². The van der Waals surface area contributed by atoms with Crippen molar-refractivity contribution in [3.05, 3.63) is 42.5 Å². The molecule has 1 saturated heterocycles. The molecule has 2 aromatic rings. The molecule has 142 valence electrons. The molecule has 0 saturated carbocycles. The number of carbonyl (C=O) groups excluding carboxylic acids is 2. The van der Waals surface area contributed by atoms with Crippen LogP contribution >= 0.6 is 0 Å². The van der Waals surface area contributed by atoms with Gasteiger partial charge < -0.3 is 20.3 Å². The lowest BCUT2D eigenvalue weighted by Crippen LogP contribution is -2.36. The van der Waals surface area contributed by atoms with Crippen LogP contribution in [0, 0.1) is 0 Å². The van der Waals surface area contributed by atoms with E-state index in [9.17, 15) is 18.0 Å². The van der Waals surface area contributed by atoms with Crippen LogP contribution in [0.15, 0.2) is 52.3 Å². The molecular formula is C18H19N3O5S. The van der Waals surface area contributed by atoms with Crippen molar-refractivity contribution in [1.82, 2.24) is 0 Å². The van der Waals surface area contributed by atoms with E-state index in [1.807, 2.05) is 4.90 Å². The van der Waals surface area contributed by atoms with E-state index in [0.29, 0.717) is 50.5 Å². The van der Waals surface area contributed by atoms with Crippen LogP contribution in [0.1, 0.15) is 0 Å². The summed E-state index contributed by atoms with van der Waals surface area (Å²) in [5.74, 6) is 0. The summed E-state index contributed by atoms with van der Waals surface area (Å²) in [6.45, 7) is 2.46. The van der Waals surface area contributed by atoms with Crippen LogP contribution < -0.4 is 15.5 Å². The molecule has 0 spiro atoms. The Morgan fingerprint density at radius 2 is 1.52 bits per heavy atom. The van der Waals surface area contributed by atoms with Crippen molar-refractivity contribution in [3.8, 4) is 0 Å². The lowest BCUT2D eigenvalue weighted by atomic mass is 10.2. The summed E-state index contributed by atoms with van der Waals surface area (Å²) in [7, 11) is -3.77. The number of nitrogens with one attached hydrogen (secondary N) is 2.